The van der Waals surface area contributed by atoms with Crippen molar-refractivity contribution < 1.29 is 19.4 Å². The fourth-order valence-corrected chi connectivity index (χ4v) is 4.05. The molecule has 2 aliphatic rings. The summed E-state index contributed by atoms with van der Waals surface area (Å²) in [5.41, 5.74) is 0. The molecule has 106 valence electrons. The van der Waals surface area contributed by atoms with Crippen LogP contribution in [0.15, 0.2) is 12.4 Å². The molecule has 0 aliphatic heterocycles. The first-order valence-electron chi connectivity index (χ1n) is 6.39. The standard InChI is InChI=1S/C7H10N2.C5H9I2N.Pt/c1-8-4-5-9(6-8)7-2-3-7;6-8(7)5-3-1-2-4-5;/h4-5,7H,2-3H2,1H3;5H,1-4H2;. The van der Waals surface area contributed by atoms with Crippen molar-refractivity contribution in [3.8, 4) is 0 Å². The first kappa shape index (κ1) is 15.7. The summed E-state index contributed by atoms with van der Waals surface area (Å²) in [5, 5.41) is 0. The van der Waals surface area contributed by atoms with Crippen LogP contribution in [0, 0.1) is 3.80 Å². The summed E-state index contributed by atoms with van der Waals surface area (Å²) in [7, 11) is 2.08. The van der Waals surface area contributed by atoms with E-state index in [1.807, 2.05) is 0 Å². The number of nitrogens with zero attached hydrogens (tertiary/aromatic N) is 3. The van der Waals surface area contributed by atoms with Gasteiger partial charge in [0.25, 0.3) is 0 Å². The minimum absolute atomic E-state index is 0.814. The van der Waals surface area contributed by atoms with Crippen LogP contribution in [0.1, 0.15) is 44.6 Å². The van der Waals surface area contributed by atoms with Crippen LogP contribution >= 0.6 is 45.7 Å². The van der Waals surface area contributed by atoms with E-state index >= 15 is 0 Å². The van der Waals surface area contributed by atoms with Gasteiger partial charge in [0.1, 0.15) is 0 Å². The molecular formula is C12H19I2N3Pt. The van der Waals surface area contributed by atoms with Gasteiger partial charge >= 0.3 is 70.6 Å². The normalized spacial score (nSPS) is 20.1. The quantitative estimate of drug-likeness (QED) is 0.345. The Kier molecular flexibility index (Phi) is 6.42. The molecule has 2 fully saturated rings. The SMILES string of the molecule is Cn1ccn(C2CC2)[c]1=[Pt].IN(I)C1CCCC1. The van der Waals surface area contributed by atoms with Crippen LogP contribution in [0.25, 0.3) is 0 Å². The summed E-state index contributed by atoms with van der Waals surface area (Å²) in [6.07, 6.45) is 12.7. The summed E-state index contributed by atoms with van der Waals surface area (Å²) >= 11 is 7.09. The molecule has 0 amide bonds. The molecule has 18 heavy (non-hydrogen) atoms. The topological polar surface area (TPSA) is 13.1 Å². The molecule has 0 bridgehead atoms. The smallest absolute Gasteiger partial charge is 0.0311 e. The largest absolute Gasteiger partial charge is 0.185 e. The van der Waals surface area contributed by atoms with E-state index in [-0.39, 0.29) is 0 Å². The molecule has 1 heterocycles. The van der Waals surface area contributed by atoms with Crippen LogP contribution in [0.2, 0.25) is 0 Å². The Bertz CT molecular complexity index is 431. The van der Waals surface area contributed by atoms with Crippen molar-refractivity contribution in [1.29, 1.82) is 0 Å². The summed E-state index contributed by atoms with van der Waals surface area (Å²) in [5.74, 6) is 0. The van der Waals surface area contributed by atoms with E-state index in [4.69, 9.17) is 0 Å². The maximum Gasteiger partial charge on any atom is 0.0311 e. The van der Waals surface area contributed by atoms with E-state index in [9.17, 15) is 0 Å². The molecule has 1 aromatic rings. The van der Waals surface area contributed by atoms with Gasteiger partial charge in [0, 0.05) is 51.8 Å². The predicted molar refractivity (Wildman–Crippen MR) is 87.1 cm³/mol. The second kappa shape index (κ2) is 7.36. The van der Waals surface area contributed by atoms with Gasteiger partial charge in [-0.2, -0.15) is 1.33 Å². The molecule has 0 atom stereocenters. The summed E-state index contributed by atoms with van der Waals surface area (Å²) in [4.78, 5) is 0. The maximum absolute atomic E-state index is 2.37. The number of hydrogen-bond donors (Lipinski definition) is 0. The van der Waals surface area contributed by atoms with E-state index in [0.29, 0.717) is 0 Å². The molecule has 6 heteroatoms. The number of imidazole rings is 1. The van der Waals surface area contributed by atoms with Gasteiger partial charge in [-0.3, -0.25) is 0 Å². The molecule has 2 saturated carbocycles. The summed E-state index contributed by atoms with van der Waals surface area (Å²) in [6.45, 7) is 0. The first-order chi connectivity index (χ1) is 8.59. The number of halogens is 2. The Morgan fingerprint density at radius 3 is 2.11 bits per heavy atom. The van der Waals surface area contributed by atoms with Crippen LogP contribution in [-0.4, -0.2) is 16.5 Å². The van der Waals surface area contributed by atoms with Gasteiger partial charge in [-0.05, 0) is 12.8 Å². The molecule has 0 N–H and O–H groups in total. The third-order valence-electron chi connectivity index (χ3n) is 3.46. The molecule has 3 nitrogen and oxygen atoms in total. The fourth-order valence-electron chi connectivity index (χ4n) is 2.18. The van der Waals surface area contributed by atoms with Gasteiger partial charge in [0.05, 0.1) is 0 Å². The van der Waals surface area contributed by atoms with E-state index < -0.39 is 0 Å². The van der Waals surface area contributed by atoms with Gasteiger partial charge in [-0.1, -0.05) is 12.8 Å². The van der Waals surface area contributed by atoms with Gasteiger partial charge in [0.2, 0.25) is 0 Å². The molecule has 0 saturated heterocycles. The number of aryl methyl sites for hydroxylation is 1. The third-order valence-corrected chi connectivity index (χ3v) is 6.42. The second-order valence-electron chi connectivity index (χ2n) is 4.99. The molecule has 0 radical (unpaired) electrons. The van der Waals surface area contributed by atoms with Crippen molar-refractivity contribution in [2.75, 3.05) is 0 Å². The average Bonchev–Trinajstić information content (AvgIpc) is 2.91. The maximum atomic E-state index is 2.37. The van der Waals surface area contributed by atoms with Crippen LogP contribution in [-0.2, 0) is 26.4 Å². The van der Waals surface area contributed by atoms with Crippen molar-refractivity contribution in [3.63, 3.8) is 0 Å². The van der Waals surface area contributed by atoms with Crippen LogP contribution < -0.4 is 0 Å². The Morgan fingerprint density at radius 2 is 1.78 bits per heavy atom. The second-order valence-corrected chi connectivity index (χ2v) is 9.93. The molecule has 0 aromatic carbocycles. The van der Waals surface area contributed by atoms with Gasteiger partial charge in [-0.25, -0.2) is 0 Å². The van der Waals surface area contributed by atoms with E-state index in [1.165, 1.54) is 42.3 Å². The van der Waals surface area contributed by atoms with Crippen molar-refractivity contribution in [3.05, 3.63) is 16.2 Å². The fraction of sp³-hybridized carbons (Fsp3) is 0.750. The average molecular weight is 654 g/mol. The third kappa shape index (κ3) is 4.42. The molecule has 2 aliphatic carbocycles. The minimum atomic E-state index is 0.814. The van der Waals surface area contributed by atoms with Crippen molar-refractivity contribution in [2.24, 2.45) is 7.05 Å². The molecule has 1 aromatic heterocycles. The first-order valence-corrected chi connectivity index (χ1v) is 9.46. The van der Waals surface area contributed by atoms with Gasteiger partial charge in [-0.15, -0.1) is 0 Å². The van der Waals surface area contributed by atoms with E-state index in [0.717, 1.165) is 12.1 Å². The van der Waals surface area contributed by atoms with Gasteiger partial charge < -0.3 is 0 Å². The van der Waals surface area contributed by atoms with Crippen LogP contribution in [0.5, 0.6) is 0 Å². The van der Waals surface area contributed by atoms with Crippen molar-refractivity contribution >= 4 is 45.7 Å². The molecular weight excluding hydrogens is 635 g/mol. The molecule has 0 spiro atoms. The predicted octanol–water partition coefficient (Wildman–Crippen LogP) is 4.17. The van der Waals surface area contributed by atoms with Crippen LogP contribution in [0.3, 0.4) is 0 Å². The number of rotatable bonds is 2. The van der Waals surface area contributed by atoms with Crippen LogP contribution in [0.4, 0.5) is 0 Å². The zero-order valence-corrected chi connectivity index (χ0v) is 17.1. The molecule has 0 unspecified atom stereocenters. The minimum Gasteiger partial charge on any atom is -0.185 e. The Balaban J connectivity index is 0.000000138. The van der Waals surface area contributed by atoms with Gasteiger partial charge in [0.15, 0.2) is 0 Å². The molecule has 3 rings (SSSR count). The number of aromatic nitrogens is 2. The summed E-state index contributed by atoms with van der Waals surface area (Å²) in [6, 6.07) is 1.69. The Morgan fingerprint density at radius 1 is 1.17 bits per heavy atom. The van der Waals surface area contributed by atoms with Crippen molar-refractivity contribution in [2.45, 2.75) is 50.6 Å². The zero-order chi connectivity index (χ0) is 13.1. The monoisotopic (exact) mass is 654 g/mol. The Labute approximate surface area is 148 Å². The summed E-state index contributed by atoms with van der Waals surface area (Å²) < 4.78 is 8.12. The van der Waals surface area contributed by atoms with Crippen molar-refractivity contribution in [1.82, 2.24) is 10.5 Å². The Hall–Kier alpha value is 1.32. The van der Waals surface area contributed by atoms with E-state index in [2.05, 4.69) is 95.0 Å². The number of hydrogen-bond acceptors (Lipinski definition) is 1. The zero-order valence-electron chi connectivity index (χ0n) is 10.5. The van der Waals surface area contributed by atoms with E-state index in [1.54, 1.807) is 0 Å².